The Morgan fingerprint density at radius 3 is 2.67 bits per heavy atom. The van der Waals surface area contributed by atoms with E-state index in [9.17, 15) is 9.59 Å². The molecule has 7 heteroatoms. The highest BCUT2D eigenvalue weighted by molar-refractivity contribution is 5.66. The molecule has 0 aromatic heterocycles. The van der Waals surface area contributed by atoms with E-state index in [4.69, 9.17) is 14.2 Å². The molecule has 1 aliphatic rings. The van der Waals surface area contributed by atoms with Crippen molar-refractivity contribution in [2.24, 2.45) is 4.99 Å². The van der Waals surface area contributed by atoms with Crippen molar-refractivity contribution in [2.45, 2.75) is 38.7 Å². The molecule has 102 valence electrons. The van der Waals surface area contributed by atoms with E-state index in [1.165, 1.54) is 27.4 Å². The lowest BCUT2D eigenvalue weighted by Gasteiger charge is -2.17. The lowest BCUT2D eigenvalue weighted by atomic mass is 10.2. The first kappa shape index (κ1) is 14.4. The van der Waals surface area contributed by atoms with Crippen molar-refractivity contribution in [1.82, 2.24) is 0 Å². The molecule has 0 saturated carbocycles. The Morgan fingerprint density at radius 1 is 1.39 bits per heavy atom. The maximum atomic E-state index is 11.0. The summed E-state index contributed by atoms with van der Waals surface area (Å²) in [7, 11) is 1.47. The Balaban J connectivity index is 2.56. The lowest BCUT2D eigenvalue weighted by Crippen LogP contribution is -2.31. The van der Waals surface area contributed by atoms with Gasteiger partial charge in [-0.3, -0.25) is 9.59 Å². The molecule has 0 radical (unpaired) electrons. The standard InChI is InChI=1S/C11H17NO6/c1-7(13)16-5-10-9(17-8(2)14)4-11(18-10)12-6-15-3/h6,9-11H,4-5H2,1-3H3/b12-6+/t9-,10+,11?/m0/s1. The first-order chi connectivity index (χ1) is 8.52. The second kappa shape index (κ2) is 6.95. The summed E-state index contributed by atoms with van der Waals surface area (Å²) in [6.45, 7) is 2.65. The third-order valence-corrected chi connectivity index (χ3v) is 2.28. The van der Waals surface area contributed by atoms with Crippen LogP contribution in [0.4, 0.5) is 0 Å². The maximum absolute atomic E-state index is 11.0. The highest BCUT2D eigenvalue weighted by Gasteiger charge is 2.38. The van der Waals surface area contributed by atoms with Crippen LogP contribution in [0.1, 0.15) is 20.3 Å². The summed E-state index contributed by atoms with van der Waals surface area (Å²) >= 11 is 0. The minimum absolute atomic E-state index is 0.0340. The average Bonchev–Trinajstić information content (AvgIpc) is 2.65. The lowest BCUT2D eigenvalue weighted by molar-refractivity contribution is -0.154. The molecule has 3 atom stereocenters. The van der Waals surface area contributed by atoms with Crippen molar-refractivity contribution in [2.75, 3.05) is 13.7 Å². The molecule has 1 fully saturated rings. The van der Waals surface area contributed by atoms with Crippen LogP contribution in [0.5, 0.6) is 0 Å². The number of esters is 2. The molecule has 0 aromatic carbocycles. The van der Waals surface area contributed by atoms with Crippen LogP contribution in [-0.4, -0.2) is 50.5 Å². The van der Waals surface area contributed by atoms with Gasteiger partial charge in [0, 0.05) is 20.3 Å². The fourth-order valence-electron chi connectivity index (χ4n) is 1.60. The number of hydrogen-bond donors (Lipinski definition) is 0. The Labute approximate surface area is 105 Å². The number of rotatable bonds is 5. The van der Waals surface area contributed by atoms with E-state index in [2.05, 4.69) is 9.73 Å². The van der Waals surface area contributed by atoms with Gasteiger partial charge in [-0.25, -0.2) is 4.99 Å². The monoisotopic (exact) mass is 259 g/mol. The summed E-state index contributed by atoms with van der Waals surface area (Å²) < 4.78 is 20.1. The van der Waals surface area contributed by atoms with E-state index < -0.39 is 30.4 Å². The highest BCUT2D eigenvalue weighted by Crippen LogP contribution is 2.24. The second-order valence-electron chi connectivity index (χ2n) is 3.81. The number of methoxy groups -OCH3 is 1. The van der Waals surface area contributed by atoms with Crippen LogP contribution < -0.4 is 0 Å². The molecular weight excluding hydrogens is 242 g/mol. The number of aliphatic imine (C=N–C) groups is 1. The van der Waals surface area contributed by atoms with Gasteiger partial charge in [0.05, 0.1) is 7.11 Å². The zero-order valence-corrected chi connectivity index (χ0v) is 10.6. The van der Waals surface area contributed by atoms with Crippen molar-refractivity contribution in [3.8, 4) is 0 Å². The van der Waals surface area contributed by atoms with Crippen LogP contribution in [0, 0.1) is 0 Å². The molecule has 0 aromatic rings. The van der Waals surface area contributed by atoms with Crippen LogP contribution >= 0.6 is 0 Å². The van der Waals surface area contributed by atoms with Gasteiger partial charge in [0.1, 0.15) is 18.8 Å². The molecule has 0 spiro atoms. The molecule has 18 heavy (non-hydrogen) atoms. The van der Waals surface area contributed by atoms with Crippen LogP contribution in [-0.2, 0) is 28.5 Å². The van der Waals surface area contributed by atoms with Crippen LogP contribution in [0.2, 0.25) is 0 Å². The first-order valence-corrected chi connectivity index (χ1v) is 5.53. The van der Waals surface area contributed by atoms with E-state index in [1.54, 1.807) is 0 Å². The normalized spacial score (nSPS) is 27.2. The molecular formula is C11H17NO6. The fourth-order valence-corrected chi connectivity index (χ4v) is 1.60. The van der Waals surface area contributed by atoms with Crippen LogP contribution in [0.15, 0.2) is 4.99 Å². The molecule has 1 heterocycles. The largest absolute Gasteiger partial charge is 0.487 e. The quantitative estimate of drug-likeness (QED) is 0.400. The molecule has 1 rings (SSSR count). The Bertz CT molecular complexity index is 329. The van der Waals surface area contributed by atoms with E-state index in [0.29, 0.717) is 6.42 Å². The van der Waals surface area contributed by atoms with Crippen molar-refractivity contribution < 1.29 is 28.5 Å². The van der Waals surface area contributed by atoms with Gasteiger partial charge in [-0.05, 0) is 0 Å². The van der Waals surface area contributed by atoms with E-state index in [-0.39, 0.29) is 6.61 Å². The van der Waals surface area contributed by atoms with Crippen molar-refractivity contribution in [1.29, 1.82) is 0 Å². The van der Waals surface area contributed by atoms with E-state index in [0.717, 1.165) is 0 Å². The average molecular weight is 259 g/mol. The van der Waals surface area contributed by atoms with Crippen LogP contribution in [0.25, 0.3) is 0 Å². The number of carbonyl (C=O) groups is 2. The van der Waals surface area contributed by atoms with Crippen molar-refractivity contribution in [3.63, 3.8) is 0 Å². The summed E-state index contributed by atoms with van der Waals surface area (Å²) in [5.41, 5.74) is 0. The molecule has 0 amide bonds. The van der Waals surface area contributed by atoms with Crippen molar-refractivity contribution in [3.05, 3.63) is 0 Å². The summed E-state index contributed by atoms with van der Waals surface area (Å²) in [5.74, 6) is -0.822. The SMILES string of the molecule is CO/C=N/C1C[C@H](OC(C)=O)[C@@H](COC(C)=O)O1. The topological polar surface area (TPSA) is 83.4 Å². The van der Waals surface area contributed by atoms with Gasteiger partial charge >= 0.3 is 11.9 Å². The Kier molecular flexibility index (Phi) is 5.57. The molecule has 1 aliphatic heterocycles. The van der Waals surface area contributed by atoms with E-state index in [1.807, 2.05) is 0 Å². The van der Waals surface area contributed by atoms with Crippen molar-refractivity contribution >= 4 is 18.3 Å². The predicted octanol–water partition coefficient (Wildman–Crippen LogP) is 0.271. The van der Waals surface area contributed by atoms with Crippen LogP contribution in [0.3, 0.4) is 0 Å². The van der Waals surface area contributed by atoms with Gasteiger partial charge in [0.25, 0.3) is 0 Å². The maximum Gasteiger partial charge on any atom is 0.303 e. The Morgan fingerprint density at radius 2 is 2.11 bits per heavy atom. The minimum Gasteiger partial charge on any atom is -0.487 e. The summed E-state index contributed by atoms with van der Waals surface area (Å²) in [6.07, 6.45) is 0.224. The van der Waals surface area contributed by atoms with Gasteiger partial charge in [-0.15, -0.1) is 0 Å². The summed E-state index contributed by atoms with van der Waals surface area (Å²) in [6, 6.07) is 0. The second-order valence-corrected chi connectivity index (χ2v) is 3.81. The Hall–Kier alpha value is -1.63. The third kappa shape index (κ3) is 4.70. The van der Waals surface area contributed by atoms with E-state index >= 15 is 0 Å². The summed E-state index contributed by atoms with van der Waals surface area (Å²) in [4.78, 5) is 25.7. The van der Waals surface area contributed by atoms with Gasteiger partial charge in [-0.2, -0.15) is 0 Å². The fraction of sp³-hybridized carbons (Fsp3) is 0.727. The third-order valence-electron chi connectivity index (χ3n) is 2.28. The number of ether oxygens (including phenoxy) is 4. The molecule has 0 bridgehead atoms. The van der Waals surface area contributed by atoms with Gasteiger partial charge < -0.3 is 18.9 Å². The number of carbonyl (C=O) groups excluding carboxylic acids is 2. The molecule has 0 N–H and O–H groups in total. The van der Waals surface area contributed by atoms with Gasteiger partial charge in [0.2, 0.25) is 0 Å². The zero-order chi connectivity index (χ0) is 13.5. The minimum atomic E-state index is -0.503. The highest BCUT2D eigenvalue weighted by atomic mass is 16.6. The smallest absolute Gasteiger partial charge is 0.303 e. The first-order valence-electron chi connectivity index (χ1n) is 5.53. The molecule has 1 saturated heterocycles. The molecule has 0 aliphatic carbocycles. The predicted molar refractivity (Wildman–Crippen MR) is 61.0 cm³/mol. The number of hydrogen-bond acceptors (Lipinski definition) is 7. The molecule has 7 nitrogen and oxygen atoms in total. The van der Waals surface area contributed by atoms with Gasteiger partial charge in [0.15, 0.2) is 12.6 Å². The summed E-state index contributed by atoms with van der Waals surface area (Å²) in [5, 5.41) is 0. The molecule has 1 unspecified atom stereocenters. The zero-order valence-electron chi connectivity index (χ0n) is 10.6. The van der Waals surface area contributed by atoms with Gasteiger partial charge in [-0.1, -0.05) is 0 Å². The number of nitrogens with zero attached hydrogens (tertiary/aromatic N) is 1.